The van der Waals surface area contributed by atoms with Gasteiger partial charge in [0.05, 0.1) is 12.9 Å². The molecule has 1 saturated heterocycles. The van der Waals surface area contributed by atoms with Gasteiger partial charge in [0.25, 0.3) is 0 Å². The first kappa shape index (κ1) is 18.0. The van der Waals surface area contributed by atoms with Gasteiger partial charge in [0, 0.05) is 12.4 Å². The molecule has 27 heavy (non-hydrogen) atoms. The van der Waals surface area contributed by atoms with Crippen molar-refractivity contribution in [3.8, 4) is 0 Å². The van der Waals surface area contributed by atoms with E-state index in [0.717, 1.165) is 10.7 Å². The average Bonchev–Trinajstić information content (AvgIpc) is 3.36. The zero-order valence-electron chi connectivity index (χ0n) is 13.7. The lowest BCUT2D eigenvalue weighted by Crippen LogP contribution is -2.33. The minimum absolute atomic E-state index is 0.160. The summed E-state index contributed by atoms with van der Waals surface area (Å²) >= 11 is 0. The third-order valence-electron chi connectivity index (χ3n) is 4.19. The lowest BCUT2D eigenvalue weighted by molar-refractivity contribution is -0.0487. The molecule has 13 nitrogen and oxygen atoms in total. The minimum Gasteiger partial charge on any atom is -0.387 e. The number of hydrogen-bond acceptors (Lipinski definition) is 10. The van der Waals surface area contributed by atoms with Crippen LogP contribution >= 0.6 is 7.75 Å². The Hall–Kier alpha value is -2.41. The van der Waals surface area contributed by atoms with Crippen LogP contribution in [0.3, 0.4) is 0 Å². The van der Waals surface area contributed by atoms with Gasteiger partial charge >= 0.3 is 7.75 Å². The van der Waals surface area contributed by atoms with Crippen LogP contribution in [0.5, 0.6) is 0 Å². The summed E-state index contributed by atoms with van der Waals surface area (Å²) in [6.45, 7) is -0.440. The van der Waals surface area contributed by atoms with E-state index in [4.69, 9.17) is 15.0 Å². The highest BCUT2D eigenvalue weighted by molar-refractivity contribution is 7.51. The number of ether oxygens (including phenoxy) is 1. The highest BCUT2D eigenvalue weighted by atomic mass is 31.2. The number of fused-ring (bicyclic) bond motifs is 1. The smallest absolute Gasteiger partial charge is 0.387 e. The normalized spacial score (nSPS) is 27.8. The molecule has 3 aromatic heterocycles. The van der Waals surface area contributed by atoms with Crippen molar-refractivity contribution >= 4 is 24.7 Å². The lowest BCUT2D eigenvalue weighted by Gasteiger charge is -2.18. The molecule has 144 valence electrons. The van der Waals surface area contributed by atoms with E-state index in [2.05, 4.69) is 19.9 Å². The monoisotopic (exact) mass is 397 g/mol. The number of nitrogens with zero attached hydrogens (tertiary/aromatic N) is 6. The number of aromatic nitrogens is 6. The van der Waals surface area contributed by atoms with Crippen molar-refractivity contribution in [2.24, 2.45) is 0 Å². The molecule has 5 N–H and O–H groups in total. The van der Waals surface area contributed by atoms with Crippen molar-refractivity contribution in [2.45, 2.75) is 24.5 Å². The van der Waals surface area contributed by atoms with Crippen LogP contribution in [0.15, 0.2) is 31.4 Å². The first-order chi connectivity index (χ1) is 12.9. The largest absolute Gasteiger partial charge is 0.437 e. The molecule has 1 fully saturated rings. The summed E-state index contributed by atoms with van der Waals surface area (Å²) in [7, 11) is -4.20. The fourth-order valence-electron chi connectivity index (χ4n) is 2.79. The van der Waals surface area contributed by atoms with Crippen LogP contribution in [0, 0.1) is 0 Å². The molecule has 0 radical (unpaired) electrons. The molecule has 0 amide bonds. The van der Waals surface area contributed by atoms with Gasteiger partial charge in [0.15, 0.2) is 17.7 Å². The van der Waals surface area contributed by atoms with Gasteiger partial charge in [0.2, 0.25) is 0 Å². The number of nitrogens with two attached hydrogens (primary N) is 1. The third kappa shape index (κ3) is 3.10. The molecule has 3 aromatic rings. The predicted octanol–water partition coefficient (Wildman–Crippen LogP) is -1.11. The van der Waals surface area contributed by atoms with Gasteiger partial charge in [-0.1, -0.05) is 0 Å². The maximum Gasteiger partial charge on any atom is 0.437 e. The molecule has 1 aliphatic heterocycles. The Morgan fingerprint density at radius 2 is 2.07 bits per heavy atom. The van der Waals surface area contributed by atoms with Gasteiger partial charge in [0.1, 0.15) is 36.5 Å². The molecule has 0 bridgehead atoms. The molecule has 0 saturated carbocycles. The summed E-state index contributed by atoms with van der Waals surface area (Å²) in [5.74, 6) is 0.160. The van der Waals surface area contributed by atoms with E-state index in [1.807, 2.05) is 0 Å². The standard InChI is InChI=1S/C13H16N7O6P/c14-11-8-12(17-4-16-11)20(6-18-8)13-10(22)9(21)7(26-13)3-25-27(23,24)19-2-1-15-5-19/h1-2,4-7,9-10,13,21-22H,3H2,(H,23,24)(H2,14,16,17)/t7-,9-,10-,13-/m1/s1. The maximum atomic E-state index is 12.2. The molecular formula is C13H16N7O6P. The quantitative estimate of drug-likeness (QED) is 0.383. The Kier molecular flexibility index (Phi) is 4.42. The summed E-state index contributed by atoms with van der Waals surface area (Å²) in [6, 6.07) is 0. The molecule has 0 aromatic carbocycles. The van der Waals surface area contributed by atoms with E-state index in [-0.39, 0.29) is 5.82 Å². The first-order valence-corrected chi connectivity index (χ1v) is 9.32. The summed E-state index contributed by atoms with van der Waals surface area (Å²) in [6.07, 6.45) is 1.49. The van der Waals surface area contributed by atoms with Crippen LogP contribution in [0.2, 0.25) is 0 Å². The first-order valence-electron chi connectivity index (χ1n) is 7.79. The second-order valence-electron chi connectivity index (χ2n) is 5.86. The third-order valence-corrected chi connectivity index (χ3v) is 5.49. The van der Waals surface area contributed by atoms with E-state index in [1.165, 1.54) is 29.6 Å². The Morgan fingerprint density at radius 3 is 2.81 bits per heavy atom. The number of nitrogen functional groups attached to an aromatic ring is 1. The molecule has 0 aliphatic carbocycles. The van der Waals surface area contributed by atoms with Crippen molar-refractivity contribution in [3.63, 3.8) is 0 Å². The van der Waals surface area contributed by atoms with Gasteiger partial charge in [-0.15, -0.1) is 0 Å². The number of imidazole rings is 2. The SMILES string of the molecule is Nc1ncnc2c1ncn2[C@@H]1O[C@H](COP(=O)(O)n2ccnc2)[C@@H](O)[C@H]1O. The van der Waals surface area contributed by atoms with E-state index < -0.39 is 38.9 Å². The van der Waals surface area contributed by atoms with Crippen molar-refractivity contribution < 1.29 is 28.9 Å². The van der Waals surface area contributed by atoms with Crippen LogP contribution in [-0.4, -0.2) is 68.9 Å². The Morgan fingerprint density at radius 1 is 1.26 bits per heavy atom. The van der Waals surface area contributed by atoms with Crippen molar-refractivity contribution in [2.75, 3.05) is 12.3 Å². The number of aliphatic hydroxyl groups is 2. The highest BCUT2D eigenvalue weighted by Gasteiger charge is 2.45. The van der Waals surface area contributed by atoms with Crippen LogP contribution in [-0.2, 0) is 13.8 Å². The lowest BCUT2D eigenvalue weighted by atomic mass is 10.1. The van der Waals surface area contributed by atoms with Crippen molar-refractivity contribution in [3.05, 3.63) is 31.4 Å². The van der Waals surface area contributed by atoms with Gasteiger partial charge in [-0.25, -0.2) is 28.8 Å². The highest BCUT2D eigenvalue weighted by Crippen LogP contribution is 2.44. The Balaban J connectivity index is 1.52. The fourth-order valence-corrected chi connectivity index (χ4v) is 3.68. The van der Waals surface area contributed by atoms with Gasteiger partial charge < -0.3 is 25.6 Å². The van der Waals surface area contributed by atoms with E-state index in [1.54, 1.807) is 0 Å². The molecule has 1 aliphatic rings. The molecule has 1 unspecified atom stereocenters. The van der Waals surface area contributed by atoms with Gasteiger partial charge in [-0.3, -0.25) is 9.09 Å². The Bertz CT molecular complexity index is 994. The van der Waals surface area contributed by atoms with Crippen molar-refractivity contribution in [1.29, 1.82) is 0 Å². The molecule has 4 rings (SSSR count). The van der Waals surface area contributed by atoms with Crippen LogP contribution in [0.1, 0.15) is 6.23 Å². The predicted molar refractivity (Wildman–Crippen MR) is 89.1 cm³/mol. The van der Waals surface area contributed by atoms with Crippen LogP contribution in [0.25, 0.3) is 11.2 Å². The van der Waals surface area contributed by atoms with Gasteiger partial charge in [-0.2, -0.15) is 0 Å². The molecule has 4 heterocycles. The number of rotatable bonds is 5. The number of anilines is 1. The number of hydrogen-bond donors (Lipinski definition) is 4. The molecule has 0 spiro atoms. The van der Waals surface area contributed by atoms with Crippen LogP contribution in [0.4, 0.5) is 5.82 Å². The van der Waals surface area contributed by atoms with Crippen LogP contribution < -0.4 is 5.73 Å². The summed E-state index contributed by atoms with van der Waals surface area (Å²) in [4.78, 5) is 25.6. The topological polar surface area (TPSA) is 184 Å². The summed E-state index contributed by atoms with van der Waals surface area (Å²) < 4.78 is 25.1. The van der Waals surface area contributed by atoms with Crippen molar-refractivity contribution in [1.82, 2.24) is 28.8 Å². The summed E-state index contributed by atoms with van der Waals surface area (Å²) in [5.41, 5.74) is 6.37. The number of aliphatic hydroxyl groups excluding tert-OH is 2. The Labute approximate surface area is 151 Å². The van der Waals surface area contributed by atoms with E-state index >= 15 is 0 Å². The zero-order valence-corrected chi connectivity index (χ0v) is 14.6. The molecule has 14 heteroatoms. The maximum absolute atomic E-state index is 12.2. The second kappa shape index (κ2) is 6.64. The summed E-state index contributed by atoms with van der Waals surface area (Å²) in [5, 5.41) is 20.6. The van der Waals surface area contributed by atoms with E-state index in [9.17, 15) is 19.7 Å². The fraction of sp³-hybridized carbons (Fsp3) is 0.385. The van der Waals surface area contributed by atoms with Gasteiger partial charge in [-0.05, 0) is 0 Å². The molecule has 5 atom stereocenters. The molecular weight excluding hydrogens is 381 g/mol. The average molecular weight is 397 g/mol. The minimum atomic E-state index is -4.20. The zero-order chi connectivity index (χ0) is 19.2. The van der Waals surface area contributed by atoms with E-state index in [0.29, 0.717) is 11.2 Å². The second-order valence-corrected chi connectivity index (χ2v) is 7.56.